The quantitative estimate of drug-likeness (QED) is 0.459. The molecule has 0 fully saturated rings. The first-order chi connectivity index (χ1) is 13.2. The molecule has 0 aliphatic heterocycles. The van der Waals surface area contributed by atoms with Crippen LogP contribution in [-0.4, -0.2) is 23.0 Å². The van der Waals surface area contributed by atoms with Crippen molar-refractivity contribution < 1.29 is 9.53 Å². The van der Waals surface area contributed by atoms with Crippen LogP contribution in [0.3, 0.4) is 0 Å². The topological polar surface area (TPSA) is 64.1 Å². The third kappa shape index (κ3) is 3.49. The Morgan fingerprint density at radius 1 is 1.07 bits per heavy atom. The fraction of sp³-hybridized carbons (Fsp3) is 0.0500. The van der Waals surface area contributed by atoms with E-state index in [-0.39, 0.29) is 5.97 Å². The molecule has 0 radical (unpaired) electrons. The molecule has 0 amide bonds. The third-order valence-electron chi connectivity index (χ3n) is 3.99. The summed E-state index contributed by atoms with van der Waals surface area (Å²) < 4.78 is 4.73. The second-order valence-electron chi connectivity index (χ2n) is 5.70. The van der Waals surface area contributed by atoms with Gasteiger partial charge in [-0.1, -0.05) is 23.7 Å². The lowest BCUT2D eigenvalue weighted by Crippen LogP contribution is -2.02. The Balaban J connectivity index is 1.76. The van der Waals surface area contributed by atoms with Crippen LogP contribution in [0.1, 0.15) is 10.4 Å². The number of carbonyl (C=O) groups excluding carboxylic acids is 1. The van der Waals surface area contributed by atoms with Crippen LogP contribution in [0, 0.1) is 0 Å². The van der Waals surface area contributed by atoms with Gasteiger partial charge in [0.25, 0.3) is 0 Å². The van der Waals surface area contributed by atoms with Crippen molar-refractivity contribution in [2.24, 2.45) is 0 Å². The smallest absolute Gasteiger partial charge is 0.337 e. The number of rotatable bonds is 4. The van der Waals surface area contributed by atoms with Crippen molar-refractivity contribution in [2.75, 3.05) is 12.4 Å². The highest BCUT2D eigenvalue weighted by molar-refractivity contribution is 7.14. The highest BCUT2D eigenvalue weighted by Crippen LogP contribution is 2.34. The number of methoxy groups -OCH3 is 1. The number of halogens is 1. The number of ether oxygens (including phenoxy) is 1. The van der Waals surface area contributed by atoms with Crippen molar-refractivity contribution in [3.05, 3.63) is 70.6 Å². The van der Waals surface area contributed by atoms with Crippen molar-refractivity contribution in [1.29, 1.82) is 0 Å². The van der Waals surface area contributed by atoms with Crippen molar-refractivity contribution in [3.8, 4) is 10.7 Å². The molecule has 7 heteroatoms. The van der Waals surface area contributed by atoms with Crippen molar-refractivity contribution in [1.82, 2.24) is 9.97 Å². The molecule has 4 rings (SSSR count). The summed E-state index contributed by atoms with van der Waals surface area (Å²) in [5.41, 5.74) is 2.11. The van der Waals surface area contributed by atoms with Gasteiger partial charge in [-0.2, -0.15) is 0 Å². The monoisotopic (exact) mass is 395 g/mol. The van der Waals surface area contributed by atoms with E-state index in [0.29, 0.717) is 22.2 Å². The van der Waals surface area contributed by atoms with Crippen molar-refractivity contribution >= 4 is 51.3 Å². The minimum Gasteiger partial charge on any atom is -0.465 e. The summed E-state index contributed by atoms with van der Waals surface area (Å²) in [6, 6.07) is 16.6. The molecule has 0 unspecified atom stereocenters. The van der Waals surface area contributed by atoms with Crippen LogP contribution >= 0.6 is 22.9 Å². The van der Waals surface area contributed by atoms with E-state index < -0.39 is 0 Å². The van der Waals surface area contributed by atoms with Crippen LogP contribution in [0.25, 0.3) is 21.6 Å². The Hall–Kier alpha value is -2.96. The van der Waals surface area contributed by atoms with Gasteiger partial charge in [-0.15, -0.1) is 11.3 Å². The molecule has 2 heterocycles. The van der Waals surface area contributed by atoms with Gasteiger partial charge in [0.05, 0.1) is 28.1 Å². The van der Waals surface area contributed by atoms with Gasteiger partial charge in [0.15, 0.2) is 5.82 Å². The fourth-order valence-corrected chi connectivity index (χ4v) is 3.74. The average molecular weight is 396 g/mol. The van der Waals surface area contributed by atoms with E-state index in [1.807, 2.05) is 35.7 Å². The minimum atomic E-state index is -0.372. The SMILES string of the molecule is COC(=O)c1ccc(Nc2nc(-c3sccc3Cl)nc3ccccc23)cc1. The van der Waals surface area contributed by atoms with E-state index in [2.05, 4.69) is 15.3 Å². The standard InChI is InChI=1S/C20H14ClN3O2S/c1-26-20(25)12-6-8-13(9-7-12)22-18-14-4-2-3-5-16(14)23-19(24-18)17-15(21)10-11-27-17/h2-11H,1H3,(H,22,23,24). The Morgan fingerprint density at radius 3 is 2.56 bits per heavy atom. The molecule has 0 aliphatic rings. The largest absolute Gasteiger partial charge is 0.465 e. The van der Waals surface area contributed by atoms with E-state index in [1.165, 1.54) is 18.4 Å². The summed E-state index contributed by atoms with van der Waals surface area (Å²) in [6.45, 7) is 0. The van der Waals surface area contributed by atoms with E-state index in [9.17, 15) is 4.79 Å². The van der Waals surface area contributed by atoms with E-state index in [1.54, 1.807) is 24.3 Å². The zero-order chi connectivity index (χ0) is 18.8. The summed E-state index contributed by atoms with van der Waals surface area (Å²) >= 11 is 7.76. The fourth-order valence-electron chi connectivity index (χ4n) is 2.67. The van der Waals surface area contributed by atoms with Gasteiger partial charge in [0, 0.05) is 11.1 Å². The first-order valence-corrected chi connectivity index (χ1v) is 9.37. The predicted octanol–water partition coefficient (Wildman–Crippen LogP) is 5.54. The molecule has 134 valence electrons. The molecule has 0 saturated heterocycles. The van der Waals surface area contributed by atoms with Crippen LogP contribution in [0.5, 0.6) is 0 Å². The number of nitrogens with zero attached hydrogens (tertiary/aromatic N) is 2. The molecule has 0 saturated carbocycles. The highest BCUT2D eigenvalue weighted by Gasteiger charge is 2.13. The molecule has 2 aromatic heterocycles. The number of thiophene rings is 1. The van der Waals surface area contributed by atoms with E-state index >= 15 is 0 Å². The molecular weight excluding hydrogens is 382 g/mol. The number of esters is 1. The van der Waals surface area contributed by atoms with Gasteiger partial charge < -0.3 is 10.1 Å². The molecule has 0 spiro atoms. The van der Waals surface area contributed by atoms with E-state index in [0.717, 1.165) is 21.5 Å². The number of aromatic nitrogens is 2. The number of benzene rings is 2. The summed E-state index contributed by atoms with van der Waals surface area (Å²) in [5.74, 6) is 0.872. The number of hydrogen-bond acceptors (Lipinski definition) is 6. The summed E-state index contributed by atoms with van der Waals surface area (Å²) in [5, 5.41) is 6.75. The third-order valence-corrected chi connectivity index (χ3v) is 5.33. The highest BCUT2D eigenvalue weighted by atomic mass is 35.5. The van der Waals surface area contributed by atoms with Gasteiger partial charge >= 0.3 is 5.97 Å². The van der Waals surface area contributed by atoms with Gasteiger partial charge in [0.1, 0.15) is 5.82 Å². The van der Waals surface area contributed by atoms with Gasteiger partial charge in [0.2, 0.25) is 0 Å². The number of hydrogen-bond donors (Lipinski definition) is 1. The Kier molecular flexibility index (Phi) is 4.75. The molecule has 0 atom stereocenters. The second kappa shape index (κ2) is 7.34. The molecule has 0 aliphatic carbocycles. The molecular formula is C20H14ClN3O2S. The van der Waals surface area contributed by atoms with Crippen LogP contribution in [0.4, 0.5) is 11.5 Å². The lowest BCUT2D eigenvalue weighted by molar-refractivity contribution is 0.0601. The van der Waals surface area contributed by atoms with Gasteiger partial charge in [-0.3, -0.25) is 0 Å². The number of fused-ring (bicyclic) bond motifs is 1. The molecule has 0 bridgehead atoms. The zero-order valence-corrected chi connectivity index (χ0v) is 15.8. The van der Waals surface area contributed by atoms with Crippen LogP contribution in [-0.2, 0) is 4.74 Å². The summed E-state index contributed by atoms with van der Waals surface area (Å²) in [6.07, 6.45) is 0. The second-order valence-corrected chi connectivity index (χ2v) is 7.03. The van der Waals surface area contributed by atoms with Crippen LogP contribution < -0.4 is 5.32 Å². The maximum atomic E-state index is 11.6. The van der Waals surface area contributed by atoms with Crippen molar-refractivity contribution in [3.63, 3.8) is 0 Å². The number of nitrogens with one attached hydrogen (secondary N) is 1. The van der Waals surface area contributed by atoms with Crippen LogP contribution in [0.15, 0.2) is 60.0 Å². The average Bonchev–Trinajstić information content (AvgIpc) is 3.14. The van der Waals surface area contributed by atoms with E-state index in [4.69, 9.17) is 16.3 Å². The maximum absolute atomic E-state index is 11.6. The number of anilines is 2. The molecule has 5 nitrogen and oxygen atoms in total. The van der Waals surface area contributed by atoms with Crippen LogP contribution in [0.2, 0.25) is 5.02 Å². The van der Waals surface area contributed by atoms with Gasteiger partial charge in [-0.05, 0) is 47.8 Å². The molecule has 2 aromatic carbocycles. The summed E-state index contributed by atoms with van der Waals surface area (Å²) in [4.78, 5) is 21.7. The van der Waals surface area contributed by atoms with Gasteiger partial charge in [-0.25, -0.2) is 14.8 Å². The Bertz CT molecular complexity index is 1130. The first-order valence-electron chi connectivity index (χ1n) is 8.11. The molecule has 4 aromatic rings. The normalized spacial score (nSPS) is 10.7. The first kappa shape index (κ1) is 17.5. The number of carbonyl (C=O) groups is 1. The molecule has 1 N–H and O–H groups in total. The number of para-hydroxylation sites is 1. The Labute approximate surface area is 164 Å². The predicted molar refractivity (Wildman–Crippen MR) is 109 cm³/mol. The molecule has 27 heavy (non-hydrogen) atoms. The minimum absolute atomic E-state index is 0.372. The Morgan fingerprint density at radius 2 is 1.85 bits per heavy atom. The maximum Gasteiger partial charge on any atom is 0.337 e. The summed E-state index contributed by atoms with van der Waals surface area (Å²) in [7, 11) is 1.36. The lowest BCUT2D eigenvalue weighted by Gasteiger charge is -2.11. The van der Waals surface area contributed by atoms with Crippen molar-refractivity contribution in [2.45, 2.75) is 0 Å². The zero-order valence-electron chi connectivity index (χ0n) is 14.3. The lowest BCUT2D eigenvalue weighted by atomic mass is 10.2.